The van der Waals surface area contributed by atoms with E-state index in [-0.39, 0.29) is 0 Å². The van der Waals surface area contributed by atoms with Gasteiger partial charge in [0.15, 0.2) is 0 Å². The fourth-order valence-corrected chi connectivity index (χ4v) is 2.37. The molecule has 1 aliphatic heterocycles. The molecule has 2 aliphatic rings. The molecule has 1 N–H and O–H groups in total. The number of hydrogen-bond acceptors (Lipinski definition) is 2. The lowest BCUT2D eigenvalue weighted by Crippen LogP contribution is -2.39. The van der Waals surface area contributed by atoms with Gasteiger partial charge in [-0.3, -0.25) is 0 Å². The maximum absolute atomic E-state index is 5.34. The molecule has 1 heterocycles. The van der Waals surface area contributed by atoms with Crippen molar-refractivity contribution in [3.8, 4) is 12.3 Å². The van der Waals surface area contributed by atoms with E-state index in [9.17, 15) is 0 Å². The average molecular weight is 206 g/mol. The van der Waals surface area contributed by atoms with Crippen LogP contribution >= 0.6 is 0 Å². The zero-order valence-corrected chi connectivity index (χ0v) is 9.54. The molecule has 1 saturated carbocycles. The SMILES string of the molecule is C#CCCN(CC1CC1)CC1CCCN1. The van der Waals surface area contributed by atoms with Gasteiger partial charge >= 0.3 is 0 Å². The summed E-state index contributed by atoms with van der Waals surface area (Å²) in [5, 5.41) is 3.56. The highest BCUT2D eigenvalue weighted by Crippen LogP contribution is 2.29. The van der Waals surface area contributed by atoms with Crippen molar-refractivity contribution in [3.05, 3.63) is 0 Å². The Bertz CT molecular complexity index is 221. The van der Waals surface area contributed by atoms with Crippen molar-refractivity contribution in [2.24, 2.45) is 5.92 Å². The van der Waals surface area contributed by atoms with Gasteiger partial charge in [-0.1, -0.05) is 0 Å². The van der Waals surface area contributed by atoms with Gasteiger partial charge in [-0.25, -0.2) is 0 Å². The summed E-state index contributed by atoms with van der Waals surface area (Å²) in [6.07, 6.45) is 11.8. The van der Waals surface area contributed by atoms with Crippen molar-refractivity contribution in [1.29, 1.82) is 0 Å². The van der Waals surface area contributed by atoms with E-state index in [1.165, 1.54) is 45.3 Å². The molecule has 2 fully saturated rings. The Morgan fingerprint density at radius 3 is 2.73 bits per heavy atom. The van der Waals surface area contributed by atoms with E-state index in [1.54, 1.807) is 0 Å². The molecule has 0 bridgehead atoms. The van der Waals surface area contributed by atoms with Crippen molar-refractivity contribution < 1.29 is 0 Å². The molecule has 0 aromatic rings. The van der Waals surface area contributed by atoms with Crippen LogP contribution in [0.1, 0.15) is 32.1 Å². The Morgan fingerprint density at radius 2 is 2.13 bits per heavy atom. The Kier molecular flexibility index (Phi) is 4.05. The van der Waals surface area contributed by atoms with Crippen LogP contribution in [0, 0.1) is 18.3 Å². The van der Waals surface area contributed by atoms with E-state index in [4.69, 9.17) is 6.42 Å². The minimum atomic E-state index is 0.724. The Balaban J connectivity index is 1.72. The molecule has 0 aromatic carbocycles. The number of hydrogen-bond donors (Lipinski definition) is 1. The normalized spacial score (nSPS) is 25.7. The maximum atomic E-state index is 5.34. The summed E-state index contributed by atoms with van der Waals surface area (Å²) in [5.41, 5.74) is 0. The van der Waals surface area contributed by atoms with E-state index < -0.39 is 0 Å². The monoisotopic (exact) mass is 206 g/mol. The van der Waals surface area contributed by atoms with Crippen LogP contribution in [-0.2, 0) is 0 Å². The van der Waals surface area contributed by atoms with Crippen LogP contribution in [0.2, 0.25) is 0 Å². The molecule has 1 atom stereocenters. The van der Waals surface area contributed by atoms with Crippen molar-refractivity contribution >= 4 is 0 Å². The van der Waals surface area contributed by atoms with E-state index in [0.717, 1.165) is 24.9 Å². The molecule has 0 radical (unpaired) electrons. The van der Waals surface area contributed by atoms with Gasteiger partial charge in [0.2, 0.25) is 0 Å². The fraction of sp³-hybridized carbons (Fsp3) is 0.846. The summed E-state index contributed by atoms with van der Waals surface area (Å²) in [7, 11) is 0. The first-order valence-electron chi connectivity index (χ1n) is 6.27. The summed E-state index contributed by atoms with van der Waals surface area (Å²) in [6.45, 7) is 4.78. The van der Waals surface area contributed by atoms with Crippen LogP contribution < -0.4 is 5.32 Å². The van der Waals surface area contributed by atoms with Crippen LogP contribution in [-0.4, -0.2) is 37.1 Å². The van der Waals surface area contributed by atoms with Crippen LogP contribution in [0.4, 0.5) is 0 Å². The molecule has 2 rings (SSSR count). The molecule has 1 unspecified atom stereocenters. The predicted octanol–water partition coefficient (Wildman–Crippen LogP) is 1.47. The van der Waals surface area contributed by atoms with Crippen LogP contribution in [0.25, 0.3) is 0 Å². The van der Waals surface area contributed by atoms with Crippen LogP contribution in [0.3, 0.4) is 0 Å². The first kappa shape index (κ1) is 11.0. The smallest absolute Gasteiger partial charge is 0.0214 e. The van der Waals surface area contributed by atoms with Gasteiger partial charge in [-0.2, -0.15) is 0 Å². The van der Waals surface area contributed by atoms with Crippen molar-refractivity contribution in [1.82, 2.24) is 10.2 Å². The van der Waals surface area contributed by atoms with E-state index >= 15 is 0 Å². The van der Waals surface area contributed by atoms with Crippen molar-refractivity contribution in [2.75, 3.05) is 26.2 Å². The van der Waals surface area contributed by atoms with E-state index in [2.05, 4.69) is 16.1 Å². The largest absolute Gasteiger partial charge is 0.313 e. The molecular formula is C13H22N2. The lowest BCUT2D eigenvalue weighted by Gasteiger charge is -2.24. The zero-order chi connectivity index (χ0) is 10.5. The Labute approximate surface area is 93.4 Å². The van der Waals surface area contributed by atoms with Gasteiger partial charge < -0.3 is 10.2 Å². The Morgan fingerprint density at radius 1 is 1.27 bits per heavy atom. The summed E-state index contributed by atoms with van der Waals surface area (Å²) in [5.74, 6) is 3.73. The summed E-state index contributed by atoms with van der Waals surface area (Å²) < 4.78 is 0. The van der Waals surface area contributed by atoms with Crippen LogP contribution in [0.5, 0.6) is 0 Å². The average Bonchev–Trinajstić information content (AvgIpc) is 2.90. The molecule has 15 heavy (non-hydrogen) atoms. The lowest BCUT2D eigenvalue weighted by molar-refractivity contribution is 0.245. The second-order valence-corrected chi connectivity index (χ2v) is 4.95. The maximum Gasteiger partial charge on any atom is 0.0214 e. The highest BCUT2D eigenvalue weighted by Gasteiger charge is 2.25. The molecule has 0 amide bonds. The third kappa shape index (κ3) is 3.85. The minimum Gasteiger partial charge on any atom is -0.313 e. The molecule has 2 heteroatoms. The first-order chi connectivity index (χ1) is 7.38. The van der Waals surface area contributed by atoms with Gasteiger partial charge in [-0.15, -0.1) is 12.3 Å². The van der Waals surface area contributed by atoms with Crippen LogP contribution in [0.15, 0.2) is 0 Å². The summed E-state index contributed by atoms with van der Waals surface area (Å²) in [6, 6.07) is 0.724. The second kappa shape index (κ2) is 5.53. The molecular weight excluding hydrogens is 184 g/mol. The first-order valence-corrected chi connectivity index (χ1v) is 6.27. The molecule has 2 nitrogen and oxygen atoms in total. The minimum absolute atomic E-state index is 0.724. The molecule has 1 aliphatic carbocycles. The van der Waals surface area contributed by atoms with Crippen molar-refractivity contribution in [3.63, 3.8) is 0 Å². The van der Waals surface area contributed by atoms with Gasteiger partial charge in [0, 0.05) is 32.1 Å². The molecule has 0 aromatic heterocycles. The van der Waals surface area contributed by atoms with Gasteiger partial charge in [0.1, 0.15) is 0 Å². The standard InChI is InChI=1S/C13H22N2/c1-2-3-9-15(10-12-6-7-12)11-13-5-4-8-14-13/h1,12-14H,3-11H2. The van der Waals surface area contributed by atoms with E-state index in [0.29, 0.717) is 0 Å². The topological polar surface area (TPSA) is 15.3 Å². The van der Waals surface area contributed by atoms with Gasteiger partial charge in [0.05, 0.1) is 0 Å². The third-order valence-electron chi connectivity index (χ3n) is 3.43. The zero-order valence-electron chi connectivity index (χ0n) is 9.54. The summed E-state index contributed by atoms with van der Waals surface area (Å²) >= 11 is 0. The second-order valence-electron chi connectivity index (χ2n) is 4.95. The summed E-state index contributed by atoms with van der Waals surface area (Å²) in [4.78, 5) is 2.57. The van der Waals surface area contributed by atoms with Gasteiger partial charge in [0.25, 0.3) is 0 Å². The predicted molar refractivity (Wildman–Crippen MR) is 63.6 cm³/mol. The molecule has 0 spiro atoms. The Hall–Kier alpha value is -0.520. The lowest BCUT2D eigenvalue weighted by atomic mass is 10.2. The number of nitrogens with zero attached hydrogens (tertiary/aromatic N) is 1. The number of nitrogens with one attached hydrogen (secondary N) is 1. The van der Waals surface area contributed by atoms with Crippen molar-refractivity contribution in [2.45, 2.75) is 38.1 Å². The molecule has 84 valence electrons. The van der Waals surface area contributed by atoms with E-state index in [1.807, 2.05) is 0 Å². The highest BCUT2D eigenvalue weighted by atomic mass is 15.2. The highest BCUT2D eigenvalue weighted by molar-refractivity contribution is 4.88. The fourth-order valence-electron chi connectivity index (χ4n) is 2.37. The third-order valence-corrected chi connectivity index (χ3v) is 3.43. The quantitative estimate of drug-likeness (QED) is 0.662. The van der Waals surface area contributed by atoms with Gasteiger partial charge in [-0.05, 0) is 38.1 Å². The molecule has 1 saturated heterocycles. The number of terminal acetylenes is 1. The number of rotatable bonds is 6.